The van der Waals surface area contributed by atoms with Gasteiger partial charge in [0.25, 0.3) is 5.91 Å². The fourth-order valence-corrected chi connectivity index (χ4v) is 1.56. The molecule has 0 unspecified atom stereocenters. The molecule has 0 spiro atoms. The van der Waals surface area contributed by atoms with E-state index in [1.54, 1.807) is 24.3 Å². The van der Waals surface area contributed by atoms with Crippen molar-refractivity contribution >= 4 is 11.6 Å². The summed E-state index contributed by atoms with van der Waals surface area (Å²) in [6, 6.07) is 13.0. The highest BCUT2D eigenvalue weighted by Gasteiger charge is 2.09. The number of anilines is 1. The Bertz CT molecular complexity index is 552. The molecule has 2 aromatic rings. The van der Waals surface area contributed by atoms with Crippen LogP contribution in [0, 0.1) is 5.82 Å². The number of rotatable bonds is 3. The van der Waals surface area contributed by atoms with Gasteiger partial charge in [0, 0.05) is 12.2 Å². The number of hydrogen-bond donors (Lipinski definition) is 2. The summed E-state index contributed by atoms with van der Waals surface area (Å²) in [4.78, 5) is 11.7. The van der Waals surface area contributed by atoms with Crippen LogP contribution in [-0.2, 0) is 6.54 Å². The van der Waals surface area contributed by atoms with E-state index >= 15 is 0 Å². The molecule has 0 heterocycles. The summed E-state index contributed by atoms with van der Waals surface area (Å²) < 4.78 is 13.3. The second kappa shape index (κ2) is 5.31. The third-order valence-electron chi connectivity index (χ3n) is 2.55. The number of amides is 1. The van der Waals surface area contributed by atoms with E-state index in [1.807, 2.05) is 12.1 Å². The van der Waals surface area contributed by atoms with Gasteiger partial charge >= 0.3 is 0 Å². The minimum atomic E-state index is -0.521. The molecule has 0 saturated carbocycles. The monoisotopic (exact) mass is 244 g/mol. The Kier molecular flexibility index (Phi) is 3.57. The van der Waals surface area contributed by atoms with Gasteiger partial charge in [0.2, 0.25) is 0 Å². The van der Waals surface area contributed by atoms with Crippen LogP contribution in [0.3, 0.4) is 0 Å². The van der Waals surface area contributed by atoms with Crippen LogP contribution in [0.4, 0.5) is 10.1 Å². The van der Waals surface area contributed by atoms with Crippen LogP contribution in [-0.4, -0.2) is 5.91 Å². The van der Waals surface area contributed by atoms with Crippen LogP contribution in [0.5, 0.6) is 0 Å². The zero-order chi connectivity index (χ0) is 13.0. The minimum Gasteiger partial charge on any atom is -0.399 e. The summed E-state index contributed by atoms with van der Waals surface area (Å²) in [5, 5.41) is 2.66. The molecule has 0 bridgehead atoms. The lowest BCUT2D eigenvalue weighted by molar-refractivity contribution is 0.0947. The van der Waals surface area contributed by atoms with Gasteiger partial charge < -0.3 is 11.1 Å². The summed E-state index contributed by atoms with van der Waals surface area (Å²) in [6.07, 6.45) is 0. The molecule has 3 nitrogen and oxygen atoms in total. The number of carbonyl (C=O) groups excluding carboxylic acids is 1. The lowest BCUT2D eigenvalue weighted by Crippen LogP contribution is -2.23. The average Bonchev–Trinajstić information content (AvgIpc) is 2.38. The van der Waals surface area contributed by atoms with E-state index in [0.29, 0.717) is 12.2 Å². The maximum Gasteiger partial charge on any atom is 0.254 e. The van der Waals surface area contributed by atoms with E-state index in [1.165, 1.54) is 12.1 Å². The highest BCUT2D eigenvalue weighted by atomic mass is 19.1. The Labute approximate surface area is 104 Å². The van der Waals surface area contributed by atoms with Crippen LogP contribution in [0.1, 0.15) is 15.9 Å². The summed E-state index contributed by atoms with van der Waals surface area (Å²) in [5.41, 5.74) is 7.18. The van der Waals surface area contributed by atoms with Crippen molar-refractivity contribution in [2.45, 2.75) is 6.54 Å². The van der Waals surface area contributed by atoms with Crippen LogP contribution >= 0.6 is 0 Å². The lowest BCUT2D eigenvalue weighted by Gasteiger charge is -2.06. The highest BCUT2D eigenvalue weighted by molar-refractivity contribution is 5.94. The Balaban J connectivity index is 2.01. The van der Waals surface area contributed by atoms with Gasteiger partial charge in [-0.1, -0.05) is 24.3 Å². The lowest BCUT2D eigenvalue weighted by atomic mass is 10.1. The molecule has 0 aliphatic rings. The number of hydrogen-bond acceptors (Lipinski definition) is 2. The van der Waals surface area contributed by atoms with Crippen molar-refractivity contribution in [2.24, 2.45) is 0 Å². The Morgan fingerprint density at radius 2 is 1.78 bits per heavy atom. The molecule has 0 aliphatic heterocycles. The minimum absolute atomic E-state index is 0.0490. The molecule has 4 heteroatoms. The quantitative estimate of drug-likeness (QED) is 0.814. The molecular formula is C14H13FN2O. The molecular weight excluding hydrogens is 231 g/mol. The fourth-order valence-electron chi connectivity index (χ4n) is 1.56. The molecule has 2 aromatic carbocycles. The molecule has 0 radical (unpaired) electrons. The first-order chi connectivity index (χ1) is 8.66. The van der Waals surface area contributed by atoms with Crippen molar-refractivity contribution in [3.05, 3.63) is 65.5 Å². The van der Waals surface area contributed by atoms with Crippen LogP contribution in [0.15, 0.2) is 48.5 Å². The molecule has 3 N–H and O–H groups in total. The molecule has 18 heavy (non-hydrogen) atoms. The number of carbonyl (C=O) groups is 1. The summed E-state index contributed by atoms with van der Waals surface area (Å²) in [5.74, 6) is -0.947. The molecule has 0 saturated heterocycles. The van der Waals surface area contributed by atoms with Crippen molar-refractivity contribution in [2.75, 3.05) is 5.73 Å². The smallest absolute Gasteiger partial charge is 0.254 e. The van der Waals surface area contributed by atoms with Crippen molar-refractivity contribution in [3.8, 4) is 0 Å². The third-order valence-corrected chi connectivity index (χ3v) is 2.55. The number of benzene rings is 2. The van der Waals surface area contributed by atoms with Gasteiger partial charge in [-0.05, 0) is 29.8 Å². The van der Waals surface area contributed by atoms with Crippen LogP contribution in [0.25, 0.3) is 0 Å². The largest absolute Gasteiger partial charge is 0.399 e. The van der Waals surface area contributed by atoms with Gasteiger partial charge in [-0.3, -0.25) is 4.79 Å². The number of nitrogen functional groups attached to an aromatic ring is 1. The van der Waals surface area contributed by atoms with Crippen molar-refractivity contribution in [1.82, 2.24) is 5.32 Å². The molecule has 0 atom stereocenters. The second-order valence-electron chi connectivity index (χ2n) is 3.90. The topological polar surface area (TPSA) is 55.1 Å². The first-order valence-electron chi connectivity index (χ1n) is 5.54. The van der Waals surface area contributed by atoms with Gasteiger partial charge in [-0.2, -0.15) is 0 Å². The van der Waals surface area contributed by atoms with Crippen molar-refractivity contribution in [1.29, 1.82) is 0 Å². The number of nitrogens with one attached hydrogen (secondary N) is 1. The van der Waals surface area contributed by atoms with Gasteiger partial charge in [0.05, 0.1) is 5.56 Å². The Morgan fingerprint density at radius 1 is 1.11 bits per heavy atom. The summed E-state index contributed by atoms with van der Waals surface area (Å²) >= 11 is 0. The average molecular weight is 244 g/mol. The fraction of sp³-hybridized carbons (Fsp3) is 0.0714. The zero-order valence-electron chi connectivity index (χ0n) is 9.69. The SMILES string of the molecule is Nc1ccc(CNC(=O)c2ccccc2F)cc1. The molecule has 2 rings (SSSR count). The normalized spacial score (nSPS) is 10.1. The van der Waals surface area contributed by atoms with Gasteiger partial charge in [-0.15, -0.1) is 0 Å². The number of nitrogens with two attached hydrogens (primary N) is 1. The van der Waals surface area contributed by atoms with Crippen LogP contribution in [0.2, 0.25) is 0 Å². The van der Waals surface area contributed by atoms with E-state index in [2.05, 4.69) is 5.32 Å². The van der Waals surface area contributed by atoms with Gasteiger partial charge in [0.15, 0.2) is 0 Å². The third kappa shape index (κ3) is 2.85. The summed E-state index contributed by atoms with van der Waals surface area (Å²) in [7, 11) is 0. The van der Waals surface area contributed by atoms with E-state index in [4.69, 9.17) is 5.73 Å². The van der Waals surface area contributed by atoms with E-state index < -0.39 is 11.7 Å². The predicted molar refractivity (Wildman–Crippen MR) is 68.4 cm³/mol. The highest BCUT2D eigenvalue weighted by Crippen LogP contribution is 2.08. The first-order valence-corrected chi connectivity index (χ1v) is 5.54. The molecule has 0 fully saturated rings. The van der Waals surface area contributed by atoms with E-state index in [0.717, 1.165) is 5.56 Å². The van der Waals surface area contributed by atoms with Crippen LogP contribution < -0.4 is 11.1 Å². The summed E-state index contributed by atoms with van der Waals surface area (Å²) in [6.45, 7) is 0.341. The second-order valence-corrected chi connectivity index (χ2v) is 3.90. The zero-order valence-corrected chi connectivity index (χ0v) is 9.69. The molecule has 92 valence electrons. The maximum absolute atomic E-state index is 13.3. The van der Waals surface area contributed by atoms with Gasteiger partial charge in [0.1, 0.15) is 5.82 Å². The van der Waals surface area contributed by atoms with Gasteiger partial charge in [-0.25, -0.2) is 4.39 Å². The first kappa shape index (κ1) is 12.1. The van der Waals surface area contributed by atoms with E-state index in [-0.39, 0.29) is 5.56 Å². The molecule has 0 aromatic heterocycles. The maximum atomic E-state index is 13.3. The number of halogens is 1. The Hall–Kier alpha value is -2.36. The van der Waals surface area contributed by atoms with Crippen molar-refractivity contribution in [3.63, 3.8) is 0 Å². The Morgan fingerprint density at radius 3 is 2.44 bits per heavy atom. The predicted octanol–water partition coefficient (Wildman–Crippen LogP) is 2.34. The molecule has 1 amide bonds. The molecule has 0 aliphatic carbocycles. The standard InChI is InChI=1S/C14H13FN2O/c15-13-4-2-1-3-12(13)14(18)17-9-10-5-7-11(16)8-6-10/h1-8H,9,16H2,(H,17,18). The van der Waals surface area contributed by atoms with Crippen molar-refractivity contribution < 1.29 is 9.18 Å². The van der Waals surface area contributed by atoms with E-state index in [9.17, 15) is 9.18 Å².